The second-order valence-corrected chi connectivity index (χ2v) is 7.43. The third-order valence-electron chi connectivity index (χ3n) is 4.39. The van der Waals surface area contributed by atoms with Gasteiger partial charge in [0, 0.05) is 18.3 Å². The molecule has 176 valence electrons. The van der Waals surface area contributed by atoms with E-state index < -0.39 is 18.0 Å². The van der Waals surface area contributed by atoms with E-state index in [0.717, 1.165) is 31.8 Å². The Labute approximate surface area is 194 Å². The molecule has 6 nitrogen and oxygen atoms in total. The van der Waals surface area contributed by atoms with Gasteiger partial charge >= 0.3 is 6.36 Å². The normalized spacial score (nSPS) is 11.4. The summed E-state index contributed by atoms with van der Waals surface area (Å²) in [7, 11) is 0. The summed E-state index contributed by atoms with van der Waals surface area (Å²) in [4.78, 5) is 14.4. The van der Waals surface area contributed by atoms with Crippen molar-refractivity contribution in [3.05, 3.63) is 46.4 Å². The Morgan fingerprint density at radius 1 is 1.06 bits per heavy atom. The predicted molar refractivity (Wildman–Crippen MR) is 120 cm³/mol. The molecular weight excluding hydrogens is 470 g/mol. The van der Waals surface area contributed by atoms with E-state index in [9.17, 15) is 18.0 Å². The fourth-order valence-electron chi connectivity index (χ4n) is 2.74. The standard InChI is InChI=1S/C21H24Cl2F3N3O3/c1-3-29(4-2)9-10-31-19-8-5-14(11-17(19)23)28-20(30)13-27-18-7-6-15(12-16(18)22)32-21(24,25)26/h5-8,11-12,27H,3-4,9-10,13H2,1-2H3,(H,28,30). The number of benzene rings is 2. The highest BCUT2D eigenvalue weighted by molar-refractivity contribution is 6.33. The average molecular weight is 494 g/mol. The Kier molecular flexibility index (Phi) is 9.74. The van der Waals surface area contributed by atoms with Crippen LogP contribution in [-0.2, 0) is 4.79 Å². The van der Waals surface area contributed by atoms with Crippen LogP contribution in [0.2, 0.25) is 10.0 Å². The first kappa shape index (κ1) is 25.9. The Morgan fingerprint density at radius 2 is 1.78 bits per heavy atom. The monoisotopic (exact) mass is 493 g/mol. The lowest BCUT2D eigenvalue weighted by Crippen LogP contribution is -2.27. The van der Waals surface area contributed by atoms with E-state index in [1.807, 2.05) is 0 Å². The van der Waals surface area contributed by atoms with Crippen molar-refractivity contribution in [3.8, 4) is 11.5 Å². The summed E-state index contributed by atoms with van der Waals surface area (Å²) in [5.74, 6) is -0.336. The molecule has 2 aromatic carbocycles. The third kappa shape index (κ3) is 8.64. The SMILES string of the molecule is CCN(CC)CCOc1ccc(NC(=O)CNc2ccc(OC(F)(F)F)cc2Cl)cc1Cl. The number of carbonyl (C=O) groups excluding carboxylic acids is 1. The van der Waals surface area contributed by atoms with Gasteiger partial charge < -0.3 is 25.0 Å². The van der Waals surface area contributed by atoms with Crippen LogP contribution in [0.15, 0.2) is 36.4 Å². The molecule has 0 atom stereocenters. The molecule has 0 aliphatic carbocycles. The van der Waals surface area contributed by atoms with Crippen LogP contribution in [-0.4, -0.2) is 50.0 Å². The molecule has 0 saturated heterocycles. The number of nitrogens with zero attached hydrogens (tertiary/aromatic N) is 1. The number of ether oxygens (including phenoxy) is 2. The number of carbonyl (C=O) groups is 1. The molecule has 0 aliphatic heterocycles. The van der Waals surface area contributed by atoms with E-state index in [0.29, 0.717) is 23.1 Å². The summed E-state index contributed by atoms with van der Waals surface area (Å²) in [5.41, 5.74) is 0.754. The van der Waals surface area contributed by atoms with Crippen molar-refractivity contribution in [2.45, 2.75) is 20.2 Å². The van der Waals surface area contributed by atoms with Crippen LogP contribution in [0.5, 0.6) is 11.5 Å². The zero-order chi connectivity index (χ0) is 23.7. The maximum atomic E-state index is 12.3. The minimum atomic E-state index is -4.81. The molecule has 2 N–H and O–H groups in total. The highest BCUT2D eigenvalue weighted by Crippen LogP contribution is 2.30. The summed E-state index contributed by atoms with van der Waals surface area (Å²) in [6.45, 7) is 7.12. The van der Waals surface area contributed by atoms with Crippen molar-refractivity contribution in [2.75, 3.05) is 43.4 Å². The van der Waals surface area contributed by atoms with Gasteiger partial charge in [-0.15, -0.1) is 13.2 Å². The molecule has 0 aromatic heterocycles. The van der Waals surface area contributed by atoms with Gasteiger partial charge in [0.2, 0.25) is 5.91 Å². The molecule has 2 aromatic rings. The maximum absolute atomic E-state index is 12.3. The zero-order valence-electron chi connectivity index (χ0n) is 17.6. The van der Waals surface area contributed by atoms with E-state index >= 15 is 0 Å². The highest BCUT2D eigenvalue weighted by Gasteiger charge is 2.31. The number of halogens is 5. The number of likely N-dealkylation sites (N-methyl/N-ethyl adjacent to an activating group) is 1. The molecule has 1 amide bonds. The number of nitrogens with one attached hydrogen (secondary N) is 2. The molecule has 0 bridgehead atoms. The number of anilines is 2. The minimum Gasteiger partial charge on any atom is -0.491 e. The van der Waals surface area contributed by atoms with Crippen molar-refractivity contribution < 1.29 is 27.4 Å². The number of hydrogen-bond acceptors (Lipinski definition) is 5. The molecule has 2 rings (SSSR count). The largest absolute Gasteiger partial charge is 0.573 e. The van der Waals surface area contributed by atoms with E-state index in [2.05, 4.69) is 34.1 Å². The van der Waals surface area contributed by atoms with Crippen molar-refractivity contribution in [1.82, 2.24) is 4.90 Å². The minimum absolute atomic E-state index is 0.0196. The van der Waals surface area contributed by atoms with Crippen molar-refractivity contribution >= 4 is 40.5 Å². The fourth-order valence-corrected chi connectivity index (χ4v) is 3.21. The molecule has 0 saturated carbocycles. The summed E-state index contributed by atoms with van der Waals surface area (Å²) in [6.07, 6.45) is -4.81. The second-order valence-electron chi connectivity index (χ2n) is 6.61. The van der Waals surface area contributed by atoms with E-state index in [1.165, 1.54) is 6.07 Å². The molecule has 0 heterocycles. The van der Waals surface area contributed by atoms with Crippen LogP contribution < -0.4 is 20.1 Å². The summed E-state index contributed by atoms with van der Waals surface area (Å²) in [6, 6.07) is 8.29. The zero-order valence-corrected chi connectivity index (χ0v) is 19.1. The smallest absolute Gasteiger partial charge is 0.491 e. The van der Waals surface area contributed by atoms with Crippen LogP contribution in [0, 0.1) is 0 Å². The fraction of sp³-hybridized carbons (Fsp3) is 0.381. The van der Waals surface area contributed by atoms with Gasteiger partial charge in [0.05, 0.1) is 22.3 Å². The average Bonchev–Trinajstić information content (AvgIpc) is 2.71. The molecule has 0 fully saturated rings. The topological polar surface area (TPSA) is 62.8 Å². The lowest BCUT2D eigenvalue weighted by atomic mass is 10.3. The molecule has 0 aliphatic rings. The van der Waals surface area contributed by atoms with Crippen LogP contribution >= 0.6 is 23.2 Å². The Bertz CT molecular complexity index is 910. The maximum Gasteiger partial charge on any atom is 0.573 e. The van der Waals surface area contributed by atoms with Crippen molar-refractivity contribution in [2.24, 2.45) is 0 Å². The quantitative estimate of drug-likeness (QED) is 0.422. The van der Waals surface area contributed by atoms with Crippen LogP contribution in [0.1, 0.15) is 13.8 Å². The lowest BCUT2D eigenvalue weighted by molar-refractivity contribution is -0.274. The first-order valence-electron chi connectivity index (χ1n) is 9.85. The summed E-state index contributed by atoms with van der Waals surface area (Å²) < 4.78 is 46.3. The van der Waals surface area contributed by atoms with E-state index in [-0.39, 0.29) is 17.3 Å². The molecule has 0 unspecified atom stereocenters. The predicted octanol–water partition coefficient (Wildman–Crippen LogP) is 5.66. The Balaban J connectivity index is 1.86. The summed E-state index contributed by atoms with van der Waals surface area (Å²) in [5, 5.41) is 5.76. The molecule has 32 heavy (non-hydrogen) atoms. The van der Waals surface area contributed by atoms with E-state index in [1.54, 1.807) is 18.2 Å². The van der Waals surface area contributed by atoms with Crippen molar-refractivity contribution in [1.29, 1.82) is 0 Å². The van der Waals surface area contributed by atoms with Crippen LogP contribution in [0.3, 0.4) is 0 Å². The first-order chi connectivity index (χ1) is 15.1. The second kappa shape index (κ2) is 12.0. The lowest BCUT2D eigenvalue weighted by Gasteiger charge is -2.18. The van der Waals surface area contributed by atoms with Crippen molar-refractivity contribution in [3.63, 3.8) is 0 Å². The van der Waals surface area contributed by atoms with Gasteiger partial charge in [-0.25, -0.2) is 0 Å². The molecular formula is C21H24Cl2F3N3O3. The number of amides is 1. The van der Waals surface area contributed by atoms with Gasteiger partial charge in [-0.3, -0.25) is 4.79 Å². The van der Waals surface area contributed by atoms with Gasteiger partial charge in [-0.2, -0.15) is 0 Å². The van der Waals surface area contributed by atoms with Gasteiger partial charge in [-0.1, -0.05) is 37.0 Å². The molecule has 0 radical (unpaired) electrons. The Morgan fingerprint density at radius 3 is 2.38 bits per heavy atom. The number of hydrogen-bond donors (Lipinski definition) is 2. The molecule has 11 heteroatoms. The van der Waals surface area contributed by atoms with Crippen LogP contribution in [0.4, 0.5) is 24.5 Å². The molecule has 0 spiro atoms. The van der Waals surface area contributed by atoms with E-state index in [4.69, 9.17) is 27.9 Å². The van der Waals surface area contributed by atoms with Gasteiger partial charge in [-0.05, 0) is 43.4 Å². The van der Waals surface area contributed by atoms with Gasteiger partial charge in [0.15, 0.2) is 0 Å². The third-order valence-corrected chi connectivity index (χ3v) is 5.00. The van der Waals surface area contributed by atoms with Gasteiger partial charge in [0.25, 0.3) is 0 Å². The van der Waals surface area contributed by atoms with Gasteiger partial charge in [0.1, 0.15) is 18.1 Å². The van der Waals surface area contributed by atoms with Crippen LogP contribution in [0.25, 0.3) is 0 Å². The first-order valence-corrected chi connectivity index (χ1v) is 10.6. The summed E-state index contributed by atoms with van der Waals surface area (Å²) >= 11 is 12.2. The highest BCUT2D eigenvalue weighted by atomic mass is 35.5. The number of rotatable bonds is 11. The Hall–Kier alpha value is -2.36. The number of alkyl halides is 3.